The maximum atomic E-state index is 13.1. The molecule has 1 aromatic heterocycles. The van der Waals surface area contributed by atoms with E-state index >= 15 is 0 Å². The lowest BCUT2D eigenvalue weighted by Gasteiger charge is -2.10. The van der Waals surface area contributed by atoms with E-state index in [4.69, 9.17) is 0 Å². The van der Waals surface area contributed by atoms with Gasteiger partial charge < -0.3 is 9.88 Å². The lowest BCUT2D eigenvalue weighted by molar-refractivity contribution is 0.580. The number of aryl methyl sites for hydroxylation is 1. The van der Waals surface area contributed by atoms with Crippen LogP contribution >= 0.6 is 0 Å². The van der Waals surface area contributed by atoms with Crippen LogP contribution in [0.2, 0.25) is 0 Å². The standard InChI is InChI=1S/C15H16F2N2O/c1-2-5-19-10-14(3-4-15(19)20)18-9-11-6-12(16)8-13(17)7-11/h3-4,6-8,10,18H,2,5,9H2,1H3. The first-order valence-corrected chi connectivity index (χ1v) is 6.48. The molecule has 0 saturated heterocycles. The van der Waals surface area contributed by atoms with Crippen LogP contribution < -0.4 is 10.9 Å². The van der Waals surface area contributed by atoms with Crippen LogP contribution in [0, 0.1) is 11.6 Å². The summed E-state index contributed by atoms with van der Waals surface area (Å²) >= 11 is 0. The lowest BCUT2D eigenvalue weighted by atomic mass is 10.2. The highest BCUT2D eigenvalue weighted by Crippen LogP contribution is 2.11. The Hall–Kier alpha value is -2.17. The molecule has 2 aromatic rings. The summed E-state index contributed by atoms with van der Waals surface area (Å²) in [6.45, 7) is 2.92. The molecule has 0 amide bonds. The van der Waals surface area contributed by atoms with E-state index in [0.717, 1.165) is 18.2 Å². The third-order valence-corrected chi connectivity index (χ3v) is 2.87. The molecular weight excluding hydrogens is 262 g/mol. The van der Waals surface area contributed by atoms with Crippen LogP contribution in [0.15, 0.2) is 41.3 Å². The number of pyridine rings is 1. The van der Waals surface area contributed by atoms with Crippen molar-refractivity contribution >= 4 is 5.69 Å². The molecule has 0 unspecified atom stereocenters. The normalized spacial score (nSPS) is 10.6. The molecule has 2 rings (SSSR count). The fourth-order valence-electron chi connectivity index (χ4n) is 1.97. The topological polar surface area (TPSA) is 34.0 Å². The molecule has 0 bridgehead atoms. The van der Waals surface area contributed by atoms with E-state index in [1.807, 2.05) is 6.92 Å². The average Bonchev–Trinajstić information content (AvgIpc) is 2.39. The zero-order valence-corrected chi connectivity index (χ0v) is 11.2. The smallest absolute Gasteiger partial charge is 0.250 e. The van der Waals surface area contributed by atoms with Crippen molar-refractivity contribution in [3.05, 3.63) is 64.1 Å². The van der Waals surface area contributed by atoms with Crippen LogP contribution in [0.25, 0.3) is 0 Å². The second-order valence-electron chi connectivity index (χ2n) is 4.58. The van der Waals surface area contributed by atoms with Crippen LogP contribution in [0.1, 0.15) is 18.9 Å². The predicted molar refractivity (Wildman–Crippen MR) is 74.7 cm³/mol. The van der Waals surface area contributed by atoms with E-state index in [9.17, 15) is 13.6 Å². The Balaban J connectivity index is 2.10. The predicted octanol–water partition coefficient (Wildman–Crippen LogP) is 3.15. The summed E-state index contributed by atoms with van der Waals surface area (Å²) in [5.41, 5.74) is 1.19. The van der Waals surface area contributed by atoms with Crippen LogP contribution in [0.5, 0.6) is 0 Å². The molecule has 0 aliphatic rings. The van der Waals surface area contributed by atoms with Crippen molar-refractivity contribution in [2.24, 2.45) is 0 Å². The Morgan fingerprint density at radius 3 is 2.50 bits per heavy atom. The van der Waals surface area contributed by atoms with Crippen LogP contribution in [-0.4, -0.2) is 4.57 Å². The number of nitrogens with zero attached hydrogens (tertiary/aromatic N) is 1. The van der Waals surface area contributed by atoms with Crippen molar-refractivity contribution in [3.8, 4) is 0 Å². The molecule has 0 atom stereocenters. The zero-order valence-electron chi connectivity index (χ0n) is 11.2. The van der Waals surface area contributed by atoms with E-state index in [1.165, 1.54) is 18.2 Å². The van der Waals surface area contributed by atoms with Gasteiger partial charge in [0.15, 0.2) is 0 Å². The minimum atomic E-state index is -0.599. The van der Waals surface area contributed by atoms with Gasteiger partial charge in [-0.15, -0.1) is 0 Å². The fourth-order valence-corrected chi connectivity index (χ4v) is 1.97. The number of benzene rings is 1. The largest absolute Gasteiger partial charge is 0.380 e. The van der Waals surface area contributed by atoms with Crippen molar-refractivity contribution in [1.82, 2.24) is 4.57 Å². The zero-order chi connectivity index (χ0) is 14.5. The monoisotopic (exact) mass is 278 g/mol. The lowest BCUT2D eigenvalue weighted by Crippen LogP contribution is -2.18. The van der Waals surface area contributed by atoms with Crippen molar-refractivity contribution in [1.29, 1.82) is 0 Å². The average molecular weight is 278 g/mol. The SMILES string of the molecule is CCCn1cc(NCc2cc(F)cc(F)c2)ccc1=O. The molecule has 0 aliphatic carbocycles. The minimum absolute atomic E-state index is 0.0609. The van der Waals surface area contributed by atoms with Gasteiger partial charge in [-0.3, -0.25) is 4.79 Å². The van der Waals surface area contributed by atoms with E-state index in [2.05, 4.69) is 5.32 Å². The van der Waals surface area contributed by atoms with E-state index < -0.39 is 11.6 Å². The fraction of sp³-hybridized carbons (Fsp3) is 0.267. The van der Waals surface area contributed by atoms with Gasteiger partial charge in [0.2, 0.25) is 0 Å². The summed E-state index contributed by atoms with van der Waals surface area (Å²) in [6.07, 6.45) is 2.57. The molecule has 0 saturated carbocycles. The molecule has 20 heavy (non-hydrogen) atoms. The Morgan fingerprint density at radius 1 is 1.15 bits per heavy atom. The number of rotatable bonds is 5. The van der Waals surface area contributed by atoms with Gasteiger partial charge in [-0.2, -0.15) is 0 Å². The van der Waals surface area contributed by atoms with Gasteiger partial charge in [-0.1, -0.05) is 6.92 Å². The quantitative estimate of drug-likeness (QED) is 0.911. The molecule has 5 heteroatoms. The van der Waals surface area contributed by atoms with E-state index in [-0.39, 0.29) is 5.56 Å². The van der Waals surface area contributed by atoms with Gasteiger partial charge in [0.25, 0.3) is 5.56 Å². The van der Waals surface area contributed by atoms with Gasteiger partial charge in [0.1, 0.15) is 11.6 Å². The second kappa shape index (κ2) is 6.32. The Kier molecular flexibility index (Phi) is 4.50. The summed E-state index contributed by atoms with van der Waals surface area (Å²) in [6, 6.07) is 6.52. The third-order valence-electron chi connectivity index (χ3n) is 2.87. The molecule has 1 aromatic carbocycles. The van der Waals surface area contributed by atoms with E-state index in [0.29, 0.717) is 18.7 Å². The number of hydrogen-bond donors (Lipinski definition) is 1. The first-order chi connectivity index (χ1) is 9.58. The molecule has 1 N–H and O–H groups in total. The number of hydrogen-bond acceptors (Lipinski definition) is 2. The van der Waals surface area contributed by atoms with Crippen molar-refractivity contribution in [2.75, 3.05) is 5.32 Å². The summed E-state index contributed by atoms with van der Waals surface area (Å²) in [5.74, 6) is -1.20. The van der Waals surface area contributed by atoms with Crippen LogP contribution in [0.3, 0.4) is 0 Å². The van der Waals surface area contributed by atoms with Gasteiger partial charge in [-0.25, -0.2) is 8.78 Å². The number of anilines is 1. The minimum Gasteiger partial charge on any atom is -0.380 e. The Bertz CT molecular complexity index is 632. The molecular formula is C15H16F2N2O. The van der Waals surface area contributed by atoms with Gasteiger partial charge in [-0.05, 0) is 30.2 Å². The molecule has 0 fully saturated rings. The van der Waals surface area contributed by atoms with Crippen LogP contribution in [0.4, 0.5) is 14.5 Å². The molecule has 3 nitrogen and oxygen atoms in total. The highest BCUT2D eigenvalue weighted by molar-refractivity contribution is 5.41. The third kappa shape index (κ3) is 3.66. The summed E-state index contributed by atoms with van der Waals surface area (Å²) in [7, 11) is 0. The molecule has 0 aliphatic heterocycles. The summed E-state index contributed by atoms with van der Waals surface area (Å²) in [4.78, 5) is 11.6. The van der Waals surface area contributed by atoms with E-state index in [1.54, 1.807) is 16.8 Å². The van der Waals surface area contributed by atoms with Gasteiger partial charge in [0.05, 0.1) is 5.69 Å². The first kappa shape index (κ1) is 14.2. The maximum absolute atomic E-state index is 13.1. The Morgan fingerprint density at radius 2 is 1.85 bits per heavy atom. The number of nitrogens with one attached hydrogen (secondary N) is 1. The second-order valence-corrected chi connectivity index (χ2v) is 4.58. The maximum Gasteiger partial charge on any atom is 0.250 e. The molecule has 0 radical (unpaired) electrons. The first-order valence-electron chi connectivity index (χ1n) is 6.48. The van der Waals surface area contributed by atoms with Crippen molar-refractivity contribution in [2.45, 2.75) is 26.4 Å². The molecule has 0 spiro atoms. The van der Waals surface area contributed by atoms with Gasteiger partial charge >= 0.3 is 0 Å². The Labute approximate surface area is 115 Å². The summed E-state index contributed by atoms with van der Waals surface area (Å²) in [5, 5.41) is 3.05. The van der Waals surface area contributed by atoms with Crippen molar-refractivity contribution in [3.63, 3.8) is 0 Å². The number of aromatic nitrogens is 1. The van der Waals surface area contributed by atoms with Gasteiger partial charge in [0, 0.05) is 31.4 Å². The number of halogens is 2. The highest BCUT2D eigenvalue weighted by atomic mass is 19.1. The highest BCUT2D eigenvalue weighted by Gasteiger charge is 2.02. The van der Waals surface area contributed by atoms with Crippen molar-refractivity contribution < 1.29 is 8.78 Å². The summed E-state index contributed by atoms with van der Waals surface area (Å²) < 4.78 is 27.7. The molecule has 1 heterocycles. The van der Waals surface area contributed by atoms with Crippen LogP contribution in [-0.2, 0) is 13.1 Å². The molecule has 106 valence electrons.